The Labute approximate surface area is 90.2 Å². The van der Waals surface area contributed by atoms with Crippen LogP contribution in [0.15, 0.2) is 0 Å². The lowest BCUT2D eigenvalue weighted by Gasteiger charge is -2.16. The van der Waals surface area contributed by atoms with Crippen LogP contribution in [0, 0.1) is 0 Å². The molecule has 0 saturated heterocycles. The van der Waals surface area contributed by atoms with E-state index in [2.05, 4.69) is 17.0 Å². The average Bonchev–Trinajstić information content (AvgIpc) is 2.00. The molecule has 8 heteroatoms. The Morgan fingerprint density at radius 2 is 2.07 bits per heavy atom. The van der Waals surface area contributed by atoms with Crippen molar-refractivity contribution in [1.82, 2.24) is 4.90 Å². The maximum absolute atomic E-state index is 11.6. The van der Waals surface area contributed by atoms with Crippen molar-refractivity contribution in [2.24, 2.45) is 5.73 Å². The van der Waals surface area contributed by atoms with Gasteiger partial charge in [0.1, 0.15) is 13.2 Å². The Morgan fingerprint density at radius 3 is 2.47 bits per heavy atom. The first kappa shape index (κ1) is 14.1. The number of rotatable bonds is 5. The van der Waals surface area contributed by atoms with Crippen molar-refractivity contribution in [2.75, 3.05) is 26.8 Å². The highest BCUT2D eigenvalue weighted by Gasteiger charge is 2.28. The van der Waals surface area contributed by atoms with Gasteiger partial charge in [0, 0.05) is 7.05 Å². The fourth-order valence-corrected chi connectivity index (χ4v) is 0.880. The summed E-state index contributed by atoms with van der Waals surface area (Å²) in [6.45, 7) is -2.07. The van der Waals surface area contributed by atoms with Crippen LogP contribution in [0.5, 0.6) is 0 Å². The molecule has 0 rings (SSSR count). The molecule has 2 N–H and O–H groups in total. The maximum Gasteiger partial charge on any atom is 0.411 e. The van der Waals surface area contributed by atoms with E-state index in [1.54, 1.807) is 0 Å². The van der Waals surface area contributed by atoms with Crippen LogP contribution in [0.1, 0.15) is 0 Å². The second-order valence-electron chi connectivity index (χ2n) is 2.82. The van der Waals surface area contributed by atoms with E-state index in [-0.39, 0.29) is 11.5 Å². The maximum atomic E-state index is 11.6. The molecule has 0 aliphatic rings. The van der Waals surface area contributed by atoms with Gasteiger partial charge >= 0.3 is 6.18 Å². The van der Waals surface area contributed by atoms with Crippen LogP contribution in [0.25, 0.3) is 0 Å². The number of ether oxygens (including phenoxy) is 1. The largest absolute Gasteiger partial charge is 0.411 e. The SMILES string of the molecule is CN(CC(N)=S)C(=O)COCC(F)(F)F. The molecule has 1 amide bonds. The zero-order valence-corrected chi connectivity index (χ0v) is 8.82. The molecule has 4 nitrogen and oxygen atoms in total. The number of nitrogens with two attached hydrogens (primary N) is 1. The highest BCUT2D eigenvalue weighted by atomic mass is 32.1. The van der Waals surface area contributed by atoms with Crippen LogP contribution in [-0.2, 0) is 9.53 Å². The summed E-state index contributed by atoms with van der Waals surface area (Å²) in [5.41, 5.74) is 5.15. The van der Waals surface area contributed by atoms with Gasteiger partial charge in [-0.1, -0.05) is 12.2 Å². The van der Waals surface area contributed by atoms with Crippen molar-refractivity contribution in [2.45, 2.75) is 6.18 Å². The molecule has 0 atom stereocenters. The molecule has 0 spiro atoms. The average molecular weight is 244 g/mol. The molecule has 0 aromatic heterocycles. The number of amides is 1. The van der Waals surface area contributed by atoms with E-state index in [0.29, 0.717) is 0 Å². The van der Waals surface area contributed by atoms with Crippen molar-refractivity contribution < 1.29 is 22.7 Å². The van der Waals surface area contributed by atoms with Gasteiger partial charge in [-0.05, 0) is 0 Å². The lowest BCUT2D eigenvalue weighted by Crippen LogP contribution is -2.37. The topological polar surface area (TPSA) is 55.6 Å². The number of halogens is 3. The van der Waals surface area contributed by atoms with E-state index in [1.807, 2.05) is 0 Å². The Bertz CT molecular complexity index is 245. The third-order valence-electron chi connectivity index (χ3n) is 1.31. The number of alkyl halides is 3. The van der Waals surface area contributed by atoms with Gasteiger partial charge in [0.05, 0.1) is 11.5 Å². The molecule has 0 aromatic rings. The molecule has 0 aliphatic heterocycles. The van der Waals surface area contributed by atoms with Gasteiger partial charge in [0.2, 0.25) is 5.91 Å². The minimum atomic E-state index is -4.43. The zero-order chi connectivity index (χ0) is 12.1. The molecular formula is C7H11F3N2O2S. The molecular weight excluding hydrogens is 233 g/mol. The lowest BCUT2D eigenvalue weighted by molar-refractivity contribution is -0.177. The second-order valence-corrected chi connectivity index (χ2v) is 3.35. The summed E-state index contributed by atoms with van der Waals surface area (Å²) in [6, 6.07) is 0. The Balaban J connectivity index is 3.79. The molecule has 0 saturated carbocycles. The monoisotopic (exact) mass is 244 g/mol. The number of thiocarbonyl (C=S) groups is 1. The van der Waals surface area contributed by atoms with E-state index in [9.17, 15) is 18.0 Å². The normalized spacial score (nSPS) is 11.2. The Hall–Kier alpha value is -0.890. The predicted molar refractivity (Wildman–Crippen MR) is 51.3 cm³/mol. The minimum Gasteiger partial charge on any atom is -0.392 e. The fraction of sp³-hybridized carbons (Fsp3) is 0.714. The van der Waals surface area contributed by atoms with E-state index in [4.69, 9.17) is 5.73 Å². The molecule has 0 fully saturated rings. The second kappa shape index (κ2) is 5.86. The molecule has 0 aliphatic carbocycles. The fourth-order valence-electron chi connectivity index (χ4n) is 0.686. The summed E-state index contributed by atoms with van der Waals surface area (Å²) in [4.78, 5) is 12.3. The first-order valence-corrected chi connectivity index (χ1v) is 4.30. The first-order valence-electron chi connectivity index (χ1n) is 3.89. The minimum absolute atomic E-state index is 0.0174. The van der Waals surface area contributed by atoms with Crippen molar-refractivity contribution in [3.05, 3.63) is 0 Å². The van der Waals surface area contributed by atoms with Crippen LogP contribution >= 0.6 is 12.2 Å². The number of likely N-dealkylation sites (N-methyl/N-ethyl adjacent to an activating group) is 1. The van der Waals surface area contributed by atoms with Gasteiger partial charge in [-0.25, -0.2) is 0 Å². The smallest absolute Gasteiger partial charge is 0.392 e. The summed E-state index contributed by atoms with van der Waals surface area (Å²) in [5.74, 6) is -0.605. The predicted octanol–water partition coefficient (Wildman–Crippen LogP) is 0.310. The van der Waals surface area contributed by atoms with Crippen LogP contribution in [0.3, 0.4) is 0 Å². The third kappa shape index (κ3) is 8.13. The lowest BCUT2D eigenvalue weighted by atomic mass is 10.5. The van der Waals surface area contributed by atoms with Crippen LogP contribution in [0.4, 0.5) is 13.2 Å². The zero-order valence-electron chi connectivity index (χ0n) is 8.00. The van der Waals surface area contributed by atoms with Gasteiger partial charge in [-0.3, -0.25) is 4.79 Å². The molecule has 0 unspecified atom stereocenters. The van der Waals surface area contributed by atoms with Crippen molar-refractivity contribution in [3.8, 4) is 0 Å². The van der Waals surface area contributed by atoms with Crippen molar-refractivity contribution >= 4 is 23.1 Å². The molecule has 88 valence electrons. The first-order chi connectivity index (χ1) is 6.72. The van der Waals surface area contributed by atoms with Crippen LogP contribution < -0.4 is 5.73 Å². The van der Waals surface area contributed by atoms with Crippen LogP contribution in [-0.4, -0.2) is 48.8 Å². The van der Waals surface area contributed by atoms with E-state index in [1.165, 1.54) is 7.05 Å². The molecule has 0 radical (unpaired) electrons. The standard InChI is InChI=1S/C7H11F3N2O2S/c1-12(2-5(11)15)6(13)3-14-4-7(8,9)10/h2-4H2,1H3,(H2,11,15). The summed E-state index contributed by atoms with van der Waals surface area (Å²) in [5, 5.41) is 0. The van der Waals surface area contributed by atoms with Crippen LogP contribution in [0.2, 0.25) is 0 Å². The number of hydrogen-bond acceptors (Lipinski definition) is 3. The van der Waals surface area contributed by atoms with Crippen molar-refractivity contribution in [3.63, 3.8) is 0 Å². The van der Waals surface area contributed by atoms with Crippen molar-refractivity contribution in [1.29, 1.82) is 0 Å². The molecule has 15 heavy (non-hydrogen) atoms. The number of carbonyl (C=O) groups is 1. The Kier molecular flexibility index (Phi) is 5.51. The summed E-state index contributed by atoms with van der Waals surface area (Å²) >= 11 is 4.53. The summed E-state index contributed by atoms with van der Waals surface area (Å²) in [7, 11) is 1.37. The molecule has 0 bridgehead atoms. The van der Waals surface area contributed by atoms with Gasteiger partial charge < -0.3 is 15.4 Å². The number of carbonyl (C=O) groups excluding carboxylic acids is 1. The summed E-state index contributed by atoms with van der Waals surface area (Å²) < 4.78 is 39.0. The van der Waals surface area contributed by atoms with E-state index in [0.717, 1.165) is 4.90 Å². The van der Waals surface area contributed by atoms with E-state index >= 15 is 0 Å². The molecule has 0 heterocycles. The third-order valence-corrected chi connectivity index (χ3v) is 1.44. The highest BCUT2D eigenvalue weighted by Crippen LogP contribution is 2.14. The summed E-state index contributed by atoms with van der Waals surface area (Å²) in [6.07, 6.45) is -4.43. The number of nitrogens with zero attached hydrogens (tertiary/aromatic N) is 1. The molecule has 0 aromatic carbocycles. The van der Waals surface area contributed by atoms with Gasteiger partial charge in [0.25, 0.3) is 0 Å². The van der Waals surface area contributed by atoms with E-state index < -0.39 is 25.3 Å². The van der Waals surface area contributed by atoms with Gasteiger partial charge in [-0.2, -0.15) is 13.2 Å². The highest BCUT2D eigenvalue weighted by molar-refractivity contribution is 7.80. The van der Waals surface area contributed by atoms with Gasteiger partial charge in [-0.15, -0.1) is 0 Å². The number of hydrogen-bond donors (Lipinski definition) is 1. The quantitative estimate of drug-likeness (QED) is 0.707. The van der Waals surface area contributed by atoms with Gasteiger partial charge in [0.15, 0.2) is 0 Å². The Morgan fingerprint density at radius 1 is 1.53 bits per heavy atom.